The maximum atomic E-state index is 12.4. The van der Waals surface area contributed by atoms with Gasteiger partial charge in [-0.15, -0.1) is 0 Å². The minimum absolute atomic E-state index is 0.0964. The molecule has 3 heteroatoms. The summed E-state index contributed by atoms with van der Waals surface area (Å²) in [4.78, 5) is 20.1. The third-order valence-corrected chi connectivity index (χ3v) is 4.50. The van der Waals surface area contributed by atoms with Crippen molar-refractivity contribution in [1.82, 2.24) is 4.98 Å². The van der Waals surface area contributed by atoms with Gasteiger partial charge in [-0.2, -0.15) is 0 Å². The Morgan fingerprint density at radius 1 is 0.920 bits per heavy atom. The van der Waals surface area contributed by atoms with Gasteiger partial charge in [-0.3, -0.25) is 9.79 Å². The topological polar surface area (TPSA) is 45.2 Å². The van der Waals surface area contributed by atoms with E-state index in [1.807, 2.05) is 56.3 Å². The summed E-state index contributed by atoms with van der Waals surface area (Å²) in [5.41, 5.74) is 4.98. The van der Waals surface area contributed by atoms with Crippen LogP contribution in [-0.4, -0.2) is 10.7 Å². The first-order valence-corrected chi connectivity index (χ1v) is 8.29. The number of rotatable bonds is 2. The predicted molar refractivity (Wildman–Crippen MR) is 104 cm³/mol. The quantitative estimate of drug-likeness (QED) is 0.513. The van der Waals surface area contributed by atoms with Gasteiger partial charge in [0, 0.05) is 11.3 Å². The Morgan fingerprint density at radius 3 is 2.40 bits per heavy atom. The Bertz CT molecular complexity index is 1140. The van der Waals surface area contributed by atoms with E-state index in [4.69, 9.17) is 4.99 Å². The molecule has 0 aromatic heterocycles. The van der Waals surface area contributed by atoms with Gasteiger partial charge < -0.3 is 4.98 Å². The number of H-pyrrole nitrogens is 1. The second-order valence-corrected chi connectivity index (χ2v) is 6.25. The molecule has 2 aromatic rings. The molecule has 0 saturated heterocycles. The highest BCUT2D eigenvalue weighted by Crippen LogP contribution is 2.28. The molecule has 4 rings (SSSR count). The highest BCUT2D eigenvalue weighted by Gasteiger charge is 2.16. The number of aromatic nitrogens is 1. The number of hydrogen-bond acceptors (Lipinski definition) is 2. The Morgan fingerprint density at radius 2 is 1.60 bits per heavy atom. The van der Waals surface area contributed by atoms with Crippen LogP contribution in [0.25, 0.3) is 22.0 Å². The van der Waals surface area contributed by atoms with Crippen molar-refractivity contribution in [1.29, 1.82) is 0 Å². The van der Waals surface area contributed by atoms with Gasteiger partial charge in [0.25, 0.3) is 5.56 Å². The molecule has 0 spiro atoms. The number of hydrogen-bond donors (Lipinski definition) is 1. The van der Waals surface area contributed by atoms with Crippen LogP contribution in [-0.2, 0) is 0 Å². The van der Waals surface area contributed by atoms with E-state index in [-0.39, 0.29) is 5.56 Å². The summed E-state index contributed by atoms with van der Waals surface area (Å²) < 4.78 is 0. The molecular formula is C22H18N2O. The molecule has 1 heterocycles. The summed E-state index contributed by atoms with van der Waals surface area (Å²) in [6.45, 7) is 3.94. The summed E-state index contributed by atoms with van der Waals surface area (Å²) >= 11 is 0. The zero-order valence-corrected chi connectivity index (χ0v) is 14.2. The number of aliphatic imine (C=N–C) groups is 1. The van der Waals surface area contributed by atoms with E-state index in [2.05, 4.69) is 29.2 Å². The van der Waals surface area contributed by atoms with Crippen LogP contribution < -0.4 is 5.56 Å². The van der Waals surface area contributed by atoms with Crippen LogP contribution in [0.15, 0.2) is 76.5 Å². The van der Waals surface area contributed by atoms with Gasteiger partial charge in [0.2, 0.25) is 0 Å². The van der Waals surface area contributed by atoms with Gasteiger partial charge >= 0.3 is 0 Å². The standard InChI is InChI=1S/C22H18N2O/c1-14-12-16-8-6-7-9-17(16)13-20(14)23-15(2)21-18-10-4-3-5-11-19(18)24-22(21)25/h3-13H,1-2H3,(H,24,25)/b23-15+. The lowest BCUT2D eigenvalue weighted by Gasteiger charge is -2.06. The van der Waals surface area contributed by atoms with Gasteiger partial charge in [-0.05, 0) is 48.4 Å². The van der Waals surface area contributed by atoms with Crippen LogP contribution in [0.3, 0.4) is 0 Å². The zero-order valence-electron chi connectivity index (χ0n) is 14.2. The molecule has 1 aliphatic heterocycles. The van der Waals surface area contributed by atoms with E-state index >= 15 is 0 Å². The van der Waals surface area contributed by atoms with Crippen molar-refractivity contribution < 1.29 is 0 Å². The third-order valence-electron chi connectivity index (χ3n) is 4.50. The molecule has 0 atom stereocenters. The number of nitrogens with one attached hydrogen (secondary N) is 1. The number of aromatic amines is 1. The van der Waals surface area contributed by atoms with Gasteiger partial charge in [0.05, 0.1) is 17.0 Å². The fraction of sp³-hybridized carbons (Fsp3) is 0.0909. The van der Waals surface area contributed by atoms with Crippen molar-refractivity contribution in [2.75, 3.05) is 0 Å². The maximum Gasteiger partial charge on any atom is 0.258 e. The molecule has 2 aliphatic rings. The van der Waals surface area contributed by atoms with E-state index in [1.54, 1.807) is 0 Å². The Labute approximate surface area is 146 Å². The van der Waals surface area contributed by atoms with Crippen LogP contribution in [0.5, 0.6) is 0 Å². The first-order chi connectivity index (χ1) is 12.1. The molecule has 25 heavy (non-hydrogen) atoms. The first-order valence-electron chi connectivity index (χ1n) is 8.29. The van der Waals surface area contributed by atoms with E-state index in [0.717, 1.165) is 33.6 Å². The monoisotopic (exact) mass is 326 g/mol. The smallest absolute Gasteiger partial charge is 0.258 e. The lowest BCUT2D eigenvalue weighted by Crippen LogP contribution is -2.10. The van der Waals surface area contributed by atoms with Crippen LogP contribution in [0, 0.1) is 6.92 Å². The molecule has 0 saturated carbocycles. The SMILES string of the molecule is C/C(=N\c1cc2ccccc2cc1C)c1c2cccccc-2[nH]c1=O. The van der Waals surface area contributed by atoms with Gasteiger partial charge in [0.15, 0.2) is 0 Å². The lowest BCUT2D eigenvalue weighted by atomic mass is 10.0. The van der Waals surface area contributed by atoms with E-state index in [9.17, 15) is 4.79 Å². The summed E-state index contributed by atoms with van der Waals surface area (Å²) in [5, 5.41) is 2.34. The normalized spacial score (nSPS) is 12.0. The summed E-state index contributed by atoms with van der Waals surface area (Å²) in [7, 11) is 0. The van der Waals surface area contributed by atoms with Crippen molar-refractivity contribution in [3.63, 3.8) is 0 Å². The molecule has 0 fully saturated rings. The molecule has 122 valence electrons. The largest absolute Gasteiger partial charge is 0.321 e. The minimum atomic E-state index is -0.0964. The van der Waals surface area contributed by atoms with Crippen LogP contribution in [0.1, 0.15) is 18.1 Å². The average molecular weight is 326 g/mol. The zero-order chi connectivity index (χ0) is 17.4. The van der Waals surface area contributed by atoms with Crippen molar-refractivity contribution in [3.8, 4) is 11.3 Å². The predicted octanol–water partition coefficient (Wildman–Crippen LogP) is 5.08. The van der Waals surface area contributed by atoms with Gasteiger partial charge in [-0.1, -0.05) is 48.5 Å². The van der Waals surface area contributed by atoms with E-state index in [0.29, 0.717) is 5.56 Å². The van der Waals surface area contributed by atoms with Crippen LogP contribution in [0.2, 0.25) is 0 Å². The molecule has 0 radical (unpaired) electrons. The Hall–Kier alpha value is -3.20. The molecule has 1 N–H and O–H groups in total. The summed E-state index contributed by atoms with van der Waals surface area (Å²) in [5.74, 6) is 0. The average Bonchev–Trinajstić information content (AvgIpc) is 2.75. The molecular weight excluding hydrogens is 308 g/mol. The fourth-order valence-corrected chi connectivity index (χ4v) is 3.24. The molecule has 1 aliphatic carbocycles. The number of benzene rings is 2. The lowest BCUT2D eigenvalue weighted by molar-refractivity contribution is 1.31. The first kappa shape index (κ1) is 15.3. The van der Waals surface area contributed by atoms with E-state index in [1.165, 1.54) is 5.39 Å². The van der Waals surface area contributed by atoms with Crippen molar-refractivity contribution >= 4 is 22.2 Å². The Balaban J connectivity index is 1.88. The molecule has 2 aromatic carbocycles. The van der Waals surface area contributed by atoms with Crippen LogP contribution in [0.4, 0.5) is 5.69 Å². The highest BCUT2D eigenvalue weighted by molar-refractivity contribution is 6.06. The van der Waals surface area contributed by atoms with Crippen molar-refractivity contribution in [3.05, 3.63) is 88.2 Å². The number of aryl methyl sites for hydroxylation is 1. The summed E-state index contributed by atoms with van der Waals surface area (Å²) in [6, 6.07) is 22.1. The van der Waals surface area contributed by atoms with Crippen LogP contribution >= 0.6 is 0 Å². The minimum Gasteiger partial charge on any atom is -0.321 e. The summed E-state index contributed by atoms with van der Waals surface area (Å²) in [6.07, 6.45) is 0. The fourth-order valence-electron chi connectivity index (χ4n) is 3.24. The van der Waals surface area contributed by atoms with Gasteiger partial charge in [-0.25, -0.2) is 0 Å². The Kier molecular flexibility index (Phi) is 3.69. The van der Waals surface area contributed by atoms with E-state index < -0.39 is 0 Å². The number of fused-ring (bicyclic) bond motifs is 2. The third kappa shape index (κ3) is 2.74. The second-order valence-electron chi connectivity index (χ2n) is 6.25. The van der Waals surface area contributed by atoms with Crippen molar-refractivity contribution in [2.45, 2.75) is 13.8 Å². The molecule has 0 bridgehead atoms. The number of nitrogens with zero attached hydrogens (tertiary/aromatic N) is 1. The van der Waals surface area contributed by atoms with Crippen molar-refractivity contribution in [2.24, 2.45) is 4.99 Å². The second kappa shape index (κ2) is 6.02. The highest BCUT2D eigenvalue weighted by atomic mass is 16.1. The molecule has 0 amide bonds. The molecule has 3 nitrogen and oxygen atoms in total. The van der Waals surface area contributed by atoms with Gasteiger partial charge in [0.1, 0.15) is 0 Å². The maximum absolute atomic E-state index is 12.4. The molecule has 0 unspecified atom stereocenters.